The molecule has 1 N–H and O–H groups in total. The van der Waals surface area contributed by atoms with Crippen LogP contribution in [0.4, 0.5) is 0 Å². The lowest BCUT2D eigenvalue weighted by atomic mass is 9.97. The molecule has 4 nitrogen and oxygen atoms in total. The average molecular weight is 274 g/mol. The second-order valence-electron chi connectivity index (χ2n) is 5.19. The largest absolute Gasteiger partial charge is 0.355 e. The standard InChI is InChI=1S/C16H22N2O2/c1-2-18(11-10-13-6-4-3-5-7-13)16(20)14-8-9-15(19)17-12-14/h3-7,14H,2,8-12H2,1H3,(H,17,19). The second kappa shape index (κ2) is 7.08. The summed E-state index contributed by atoms with van der Waals surface area (Å²) in [6.07, 6.45) is 2.01. The highest BCUT2D eigenvalue weighted by Crippen LogP contribution is 2.14. The van der Waals surface area contributed by atoms with Gasteiger partial charge in [-0.2, -0.15) is 0 Å². The molecule has 0 radical (unpaired) electrons. The quantitative estimate of drug-likeness (QED) is 0.886. The molecule has 0 spiro atoms. The van der Waals surface area contributed by atoms with Crippen molar-refractivity contribution >= 4 is 11.8 Å². The van der Waals surface area contributed by atoms with Gasteiger partial charge in [-0.25, -0.2) is 0 Å². The lowest BCUT2D eigenvalue weighted by Crippen LogP contribution is -2.45. The van der Waals surface area contributed by atoms with Gasteiger partial charge < -0.3 is 10.2 Å². The molecule has 2 amide bonds. The Morgan fingerprint density at radius 1 is 1.35 bits per heavy atom. The summed E-state index contributed by atoms with van der Waals surface area (Å²) in [6, 6.07) is 10.2. The van der Waals surface area contributed by atoms with Crippen LogP contribution in [0.2, 0.25) is 0 Å². The van der Waals surface area contributed by atoms with Gasteiger partial charge in [-0.1, -0.05) is 30.3 Å². The maximum atomic E-state index is 12.4. The molecule has 0 aromatic heterocycles. The molecule has 1 heterocycles. The van der Waals surface area contributed by atoms with Gasteiger partial charge in [-0.05, 0) is 25.3 Å². The Morgan fingerprint density at radius 3 is 2.70 bits per heavy atom. The van der Waals surface area contributed by atoms with Crippen molar-refractivity contribution in [2.75, 3.05) is 19.6 Å². The minimum atomic E-state index is -0.0524. The Balaban J connectivity index is 1.87. The van der Waals surface area contributed by atoms with Gasteiger partial charge in [0.25, 0.3) is 0 Å². The Hall–Kier alpha value is -1.84. The van der Waals surface area contributed by atoms with E-state index in [4.69, 9.17) is 0 Å². The summed E-state index contributed by atoms with van der Waals surface area (Å²) >= 11 is 0. The molecule has 1 saturated heterocycles. The van der Waals surface area contributed by atoms with E-state index in [0.717, 1.165) is 19.5 Å². The predicted octanol–water partition coefficient (Wildman–Crippen LogP) is 1.60. The Kier molecular flexibility index (Phi) is 5.16. The van der Waals surface area contributed by atoms with E-state index < -0.39 is 0 Å². The number of benzene rings is 1. The van der Waals surface area contributed by atoms with Crippen molar-refractivity contribution in [3.8, 4) is 0 Å². The van der Waals surface area contributed by atoms with E-state index in [1.165, 1.54) is 5.56 Å². The van der Waals surface area contributed by atoms with E-state index in [1.807, 2.05) is 30.0 Å². The predicted molar refractivity (Wildman–Crippen MR) is 78.1 cm³/mol. The van der Waals surface area contributed by atoms with Crippen LogP contribution >= 0.6 is 0 Å². The summed E-state index contributed by atoms with van der Waals surface area (Å²) in [6.45, 7) is 3.95. The number of hydrogen-bond acceptors (Lipinski definition) is 2. The van der Waals surface area contributed by atoms with Crippen molar-refractivity contribution in [1.29, 1.82) is 0 Å². The van der Waals surface area contributed by atoms with E-state index in [0.29, 0.717) is 19.4 Å². The highest BCUT2D eigenvalue weighted by Gasteiger charge is 2.27. The smallest absolute Gasteiger partial charge is 0.227 e. The van der Waals surface area contributed by atoms with Gasteiger partial charge in [0.1, 0.15) is 0 Å². The summed E-state index contributed by atoms with van der Waals surface area (Å²) in [7, 11) is 0. The van der Waals surface area contributed by atoms with Crippen molar-refractivity contribution in [3.63, 3.8) is 0 Å². The van der Waals surface area contributed by atoms with Crippen LogP contribution < -0.4 is 5.32 Å². The Labute approximate surface area is 120 Å². The minimum absolute atomic E-state index is 0.0524. The van der Waals surface area contributed by atoms with Crippen molar-refractivity contribution in [2.24, 2.45) is 5.92 Å². The highest BCUT2D eigenvalue weighted by atomic mass is 16.2. The van der Waals surface area contributed by atoms with Gasteiger partial charge in [-0.15, -0.1) is 0 Å². The van der Waals surface area contributed by atoms with Crippen LogP contribution in [0.1, 0.15) is 25.3 Å². The first-order valence-electron chi connectivity index (χ1n) is 7.30. The third kappa shape index (κ3) is 3.83. The van der Waals surface area contributed by atoms with E-state index in [-0.39, 0.29) is 17.7 Å². The number of hydrogen-bond donors (Lipinski definition) is 1. The van der Waals surface area contributed by atoms with Crippen molar-refractivity contribution in [1.82, 2.24) is 10.2 Å². The van der Waals surface area contributed by atoms with Gasteiger partial charge in [0.15, 0.2) is 0 Å². The van der Waals surface area contributed by atoms with Gasteiger partial charge >= 0.3 is 0 Å². The van der Waals surface area contributed by atoms with Crippen LogP contribution in [0.25, 0.3) is 0 Å². The maximum absolute atomic E-state index is 12.4. The molecule has 1 fully saturated rings. The molecule has 1 atom stereocenters. The van der Waals surface area contributed by atoms with Crippen LogP contribution in [0.15, 0.2) is 30.3 Å². The zero-order chi connectivity index (χ0) is 14.4. The van der Waals surface area contributed by atoms with Crippen LogP contribution in [-0.2, 0) is 16.0 Å². The average Bonchev–Trinajstić information content (AvgIpc) is 2.49. The molecule has 2 rings (SSSR count). The van der Waals surface area contributed by atoms with Crippen LogP contribution in [0, 0.1) is 5.92 Å². The van der Waals surface area contributed by atoms with E-state index in [9.17, 15) is 9.59 Å². The van der Waals surface area contributed by atoms with Crippen LogP contribution in [0.5, 0.6) is 0 Å². The summed E-state index contributed by atoms with van der Waals surface area (Å²) in [4.78, 5) is 25.5. The number of carbonyl (C=O) groups excluding carboxylic acids is 2. The molecule has 1 aromatic carbocycles. The molecule has 1 aliphatic rings. The fraction of sp³-hybridized carbons (Fsp3) is 0.500. The zero-order valence-electron chi connectivity index (χ0n) is 12.0. The number of carbonyl (C=O) groups is 2. The Bertz CT molecular complexity index is 449. The maximum Gasteiger partial charge on any atom is 0.227 e. The van der Waals surface area contributed by atoms with Crippen molar-refractivity contribution in [3.05, 3.63) is 35.9 Å². The molecule has 1 unspecified atom stereocenters. The zero-order valence-corrected chi connectivity index (χ0v) is 12.0. The molecule has 108 valence electrons. The fourth-order valence-electron chi connectivity index (χ4n) is 2.53. The molecule has 20 heavy (non-hydrogen) atoms. The third-order valence-electron chi connectivity index (χ3n) is 3.82. The summed E-state index contributed by atoms with van der Waals surface area (Å²) < 4.78 is 0. The first kappa shape index (κ1) is 14.6. The molecule has 0 bridgehead atoms. The second-order valence-corrected chi connectivity index (χ2v) is 5.19. The van der Waals surface area contributed by atoms with Gasteiger partial charge in [0.05, 0.1) is 5.92 Å². The lowest BCUT2D eigenvalue weighted by Gasteiger charge is -2.28. The Morgan fingerprint density at radius 2 is 2.10 bits per heavy atom. The number of nitrogens with zero attached hydrogens (tertiary/aromatic N) is 1. The van der Waals surface area contributed by atoms with Crippen LogP contribution in [-0.4, -0.2) is 36.3 Å². The normalized spacial score (nSPS) is 18.4. The molecule has 0 aliphatic carbocycles. The van der Waals surface area contributed by atoms with Crippen molar-refractivity contribution in [2.45, 2.75) is 26.2 Å². The SMILES string of the molecule is CCN(CCc1ccccc1)C(=O)C1CCC(=O)NC1. The number of rotatable bonds is 5. The fourth-order valence-corrected chi connectivity index (χ4v) is 2.53. The molecule has 4 heteroatoms. The summed E-state index contributed by atoms with van der Waals surface area (Å²) in [5.74, 6) is 0.174. The molecular weight excluding hydrogens is 252 g/mol. The number of piperidine rings is 1. The highest BCUT2D eigenvalue weighted by molar-refractivity contribution is 5.83. The number of likely N-dealkylation sites (N-methyl/N-ethyl adjacent to an activating group) is 1. The number of nitrogens with one attached hydrogen (secondary N) is 1. The molecule has 1 aliphatic heterocycles. The summed E-state index contributed by atoms with van der Waals surface area (Å²) in [5.41, 5.74) is 1.25. The van der Waals surface area contributed by atoms with Crippen LogP contribution in [0.3, 0.4) is 0 Å². The molecule has 0 saturated carbocycles. The monoisotopic (exact) mass is 274 g/mol. The van der Waals surface area contributed by atoms with Gasteiger partial charge in [0, 0.05) is 26.1 Å². The van der Waals surface area contributed by atoms with Crippen molar-refractivity contribution < 1.29 is 9.59 Å². The van der Waals surface area contributed by atoms with E-state index >= 15 is 0 Å². The molecule has 1 aromatic rings. The van der Waals surface area contributed by atoms with Gasteiger partial charge in [0.2, 0.25) is 11.8 Å². The third-order valence-corrected chi connectivity index (χ3v) is 3.82. The molecular formula is C16H22N2O2. The summed E-state index contributed by atoms with van der Waals surface area (Å²) in [5, 5.41) is 2.78. The first-order valence-corrected chi connectivity index (χ1v) is 7.30. The number of amides is 2. The lowest BCUT2D eigenvalue weighted by molar-refractivity contribution is -0.137. The van der Waals surface area contributed by atoms with Gasteiger partial charge in [-0.3, -0.25) is 9.59 Å². The van der Waals surface area contributed by atoms with E-state index in [1.54, 1.807) is 0 Å². The first-order chi connectivity index (χ1) is 9.70. The topological polar surface area (TPSA) is 49.4 Å². The van der Waals surface area contributed by atoms with E-state index in [2.05, 4.69) is 17.4 Å². The minimum Gasteiger partial charge on any atom is -0.355 e.